The highest BCUT2D eigenvalue weighted by molar-refractivity contribution is 5.85. The van der Waals surface area contributed by atoms with Gasteiger partial charge >= 0.3 is 0 Å². The topological polar surface area (TPSA) is 67.5 Å². The summed E-state index contributed by atoms with van der Waals surface area (Å²) in [5.41, 5.74) is 7.07. The third-order valence-electron chi connectivity index (χ3n) is 1.65. The van der Waals surface area contributed by atoms with Crippen LogP contribution >= 0.6 is 24.8 Å². The first-order chi connectivity index (χ1) is 6.27. The Kier molecular flexibility index (Phi) is 9.36. The van der Waals surface area contributed by atoms with Crippen molar-refractivity contribution >= 4 is 36.2 Å². The Bertz CT molecular complexity index is 285. The lowest BCUT2D eigenvalue weighted by molar-refractivity contribution is 0.311. The Hall–Kier alpha value is -0.840. The van der Waals surface area contributed by atoms with E-state index in [0.29, 0.717) is 12.2 Å². The molecule has 88 valence electrons. The molecule has 0 unspecified atom stereocenters. The molecule has 15 heavy (non-hydrogen) atoms. The molecular formula is C9H16Cl2N2O2. The second kappa shape index (κ2) is 8.47. The van der Waals surface area contributed by atoms with Gasteiger partial charge in [0.1, 0.15) is 5.75 Å². The molecule has 0 aliphatic rings. The molecule has 0 aromatic heterocycles. The number of nitrogens with one attached hydrogen (secondary N) is 1. The molecule has 1 aromatic rings. The Morgan fingerprint density at radius 1 is 1.40 bits per heavy atom. The van der Waals surface area contributed by atoms with Crippen molar-refractivity contribution in [1.82, 2.24) is 0 Å². The number of rotatable bonds is 4. The molecule has 0 saturated carbocycles. The van der Waals surface area contributed by atoms with Gasteiger partial charge in [-0.05, 0) is 18.2 Å². The molecule has 1 rings (SSSR count). The number of hydrogen-bond donors (Lipinski definition) is 3. The smallest absolute Gasteiger partial charge is 0.142 e. The highest BCUT2D eigenvalue weighted by atomic mass is 35.5. The molecule has 0 fully saturated rings. The number of nitrogen functional groups attached to an aromatic ring is 1. The molecule has 0 amide bonds. The van der Waals surface area contributed by atoms with Gasteiger partial charge in [-0.15, -0.1) is 24.8 Å². The monoisotopic (exact) mass is 254 g/mol. The predicted molar refractivity (Wildman–Crippen MR) is 67.5 cm³/mol. The Labute approximate surface area is 102 Å². The maximum Gasteiger partial charge on any atom is 0.142 e. The van der Waals surface area contributed by atoms with Crippen LogP contribution in [-0.2, 0) is 0 Å². The highest BCUT2D eigenvalue weighted by Gasteiger charge is 2.01. The van der Waals surface area contributed by atoms with Crippen molar-refractivity contribution in [1.29, 1.82) is 0 Å². The molecule has 0 atom stereocenters. The van der Waals surface area contributed by atoms with Crippen LogP contribution in [0.4, 0.5) is 11.4 Å². The van der Waals surface area contributed by atoms with Gasteiger partial charge in [-0.2, -0.15) is 0 Å². The van der Waals surface area contributed by atoms with Gasteiger partial charge in [-0.1, -0.05) is 0 Å². The molecule has 1 aromatic carbocycles. The number of ether oxygens (including phenoxy) is 1. The maximum absolute atomic E-state index is 8.63. The zero-order chi connectivity index (χ0) is 9.68. The van der Waals surface area contributed by atoms with Gasteiger partial charge in [0, 0.05) is 12.2 Å². The molecule has 0 bridgehead atoms. The summed E-state index contributed by atoms with van der Waals surface area (Å²) in [5.74, 6) is 0.725. The molecule has 4 nitrogen and oxygen atoms in total. The number of aliphatic hydroxyl groups excluding tert-OH is 1. The number of anilines is 2. The van der Waals surface area contributed by atoms with Crippen molar-refractivity contribution in [2.45, 2.75) is 0 Å². The van der Waals surface area contributed by atoms with Crippen LogP contribution in [0.3, 0.4) is 0 Å². The van der Waals surface area contributed by atoms with Crippen molar-refractivity contribution in [3.63, 3.8) is 0 Å². The Morgan fingerprint density at radius 2 is 2.07 bits per heavy atom. The highest BCUT2D eigenvalue weighted by Crippen LogP contribution is 2.25. The molecule has 6 heteroatoms. The van der Waals surface area contributed by atoms with Gasteiger partial charge in [0.05, 0.1) is 19.4 Å². The largest absolute Gasteiger partial charge is 0.495 e. The minimum atomic E-state index is 0. The van der Waals surface area contributed by atoms with Crippen molar-refractivity contribution in [3.05, 3.63) is 18.2 Å². The van der Waals surface area contributed by atoms with E-state index in [9.17, 15) is 0 Å². The minimum absolute atomic E-state index is 0. The van der Waals surface area contributed by atoms with E-state index in [0.717, 1.165) is 11.4 Å². The van der Waals surface area contributed by atoms with Gasteiger partial charge in [-0.25, -0.2) is 0 Å². The maximum atomic E-state index is 8.63. The van der Waals surface area contributed by atoms with E-state index in [1.165, 1.54) is 0 Å². The minimum Gasteiger partial charge on any atom is -0.495 e. The van der Waals surface area contributed by atoms with Gasteiger partial charge in [0.15, 0.2) is 0 Å². The Balaban J connectivity index is 0. The molecule has 0 heterocycles. The van der Waals surface area contributed by atoms with E-state index >= 15 is 0 Å². The zero-order valence-corrected chi connectivity index (χ0v) is 10.0. The third-order valence-corrected chi connectivity index (χ3v) is 1.65. The number of hydrogen-bond acceptors (Lipinski definition) is 4. The van der Waals surface area contributed by atoms with Crippen molar-refractivity contribution in [3.8, 4) is 5.75 Å². The average Bonchev–Trinajstić information content (AvgIpc) is 2.15. The summed E-state index contributed by atoms with van der Waals surface area (Å²) < 4.78 is 5.10. The van der Waals surface area contributed by atoms with Gasteiger partial charge in [-0.3, -0.25) is 0 Å². The normalized spacial score (nSPS) is 8.40. The van der Waals surface area contributed by atoms with Gasteiger partial charge in [0.25, 0.3) is 0 Å². The van der Waals surface area contributed by atoms with Crippen molar-refractivity contribution < 1.29 is 9.84 Å². The quantitative estimate of drug-likeness (QED) is 0.714. The summed E-state index contributed by atoms with van der Waals surface area (Å²) in [4.78, 5) is 0. The van der Waals surface area contributed by atoms with Crippen molar-refractivity contribution in [2.75, 3.05) is 31.3 Å². The van der Waals surface area contributed by atoms with Gasteiger partial charge < -0.3 is 20.9 Å². The third kappa shape index (κ3) is 4.97. The summed E-state index contributed by atoms with van der Waals surface area (Å²) in [6.07, 6.45) is 0. The molecule has 0 spiro atoms. The number of methoxy groups -OCH3 is 1. The lowest BCUT2D eigenvalue weighted by Crippen LogP contribution is -2.06. The summed E-state index contributed by atoms with van der Waals surface area (Å²) in [5, 5.41) is 11.6. The molecule has 4 N–H and O–H groups in total. The van der Waals surface area contributed by atoms with E-state index in [1.54, 1.807) is 25.3 Å². The van der Waals surface area contributed by atoms with E-state index in [4.69, 9.17) is 15.6 Å². The first kappa shape index (κ1) is 16.6. The fraction of sp³-hybridized carbons (Fsp3) is 0.333. The van der Waals surface area contributed by atoms with Crippen LogP contribution in [-0.4, -0.2) is 25.4 Å². The first-order valence-electron chi connectivity index (χ1n) is 4.06. The molecule has 0 aliphatic heterocycles. The van der Waals surface area contributed by atoms with Crippen LogP contribution in [0.1, 0.15) is 0 Å². The van der Waals surface area contributed by atoms with Crippen LogP contribution in [0.15, 0.2) is 18.2 Å². The van der Waals surface area contributed by atoms with E-state index in [-0.39, 0.29) is 31.4 Å². The fourth-order valence-corrected chi connectivity index (χ4v) is 1.05. The summed E-state index contributed by atoms with van der Waals surface area (Å²) in [6, 6.07) is 5.33. The SMILES string of the molecule is COc1ccc(N)cc1NCCO.Cl.Cl. The van der Waals surface area contributed by atoms with Crippen LogP contribution in [0, 0.1) is 0 Å². The van der Waals surface area contributed by atoms with Crippen molar-refractivity contribution in [2.24, 2.45) is 0 Å². The first-order valence-corrected chi connectivity index (χ1v) is 4.06. The average molecular weight is 255 g/mol. The Morgan fingerprint density at radius 3 is 2.60 bits per heavy atom. The predicted octanol–water partition coefficient (Wildman–Crippen LogP) is 1.53. The number of benzene rings is 1. The molecular weight excluding hydrogens is 239 g/mol. The number of halogens is 2. The van der Waals surface area contributed by atoms with Crippen LogP contribution < -0.4 is 15.8 Å². The second-order valence-electron chi connectivity index (χ2n) is 2.61. The van der Waals surface area contributed by atoms with E-state index in [1.807, 2.05) is 0 Å². The van der Waals surface area contributed by atoms with Crippen LogP contribution in [0.25, 0.3) is 0 Å². The summed E-state index contributed by atoms with van der Waals surface area (Å²) in [7, 11) is 1.59. The lowest BCUT2D eigenvalue weighted by atomic mass is 10.2. The molecule has 0 aliphatic carbocycles. The molecule has 0 radical (unpaired) electrons. The standard InChI is InChI=1S/C9H14N2O2.2ClH/c1-13-9-3-2-7(10)6-8(9)11-4-5-12;;/h2-3,6,11-12H,4-5,10H2,1H3;2*1H. The van der Waals surface area contributed by atoms with Gasteiger partial charge in [0.2, 0.25) is 0 Å². The van der Waals surface area contributed by atoms with Crippen LogP contribution in [0.5, 0.6) is 5.75 Å². The fourth-order valence-electron chi connectivity index (χ4n) is 1.05. The number of aliphatic hydroxyl groups is 1. The summed E-state index contributed by atoms with van der Waals surface area (Å²) in [6.45, 7) is 0.567. The second-order valence-corrected chi connectivity index (χ2v) is 2.61. The van der Waals surface area contributed by atoms with Crippen LogP contribution in [0.2, 0.25) is 0 Å². The molecule has 0 saturated heterocycles. The lowest BCUT2D eigenvalue weighted by Gasteiger charge is -2.10. The number of nitrogens with two attached hydrogens (primary N) is 1. The van der Waals surface area contributed by atoms with E-state index < -0.39 is 0 Å². The zero-order valence-electron chi connectivity index (χ0n) is 8.40. The van der Waals surface area contributed by atoms with E-state index in [2.05, 4.69) is 5.32 Å². The summed E-state index contributed by atoms with van der Waals surface area (Å²) >= 11 is 0.